The van der Waals surface area contributed by atoms with Gasteiger partial charge in [0.05, 0.1) is 16.9 Å². The Morgan fingerprint density at radius 2 is 1.81 bits per heavy atom. The summed E-state index contributed by atoms with van der Waals surface area (Å²) in [6.45, 7) is 2.92. The van der Waals surface area contributed by atoms with Crippen LogP contribution < -0.4 is 15.5 Å². The van der Waals surface area contributed by atoms with Gasteiger partial charge >= 0.3 is 6.03 Å². The summed E-state index contributed by atoms with van der Waals surface area (Å²) in [5, 5.41) is 4.89. The summed E-state index contributed by atoms with van der Waals surface area (Å²) in [7, 11) is 0. The highest BCUT2D eigenvalue weighted by Gasteiger charge is 2.37. The van der Waals surface area contributed by atoms with Gasteiger partial charge in [-0.1, -0.05) is 18.2 Å². The third kappa shape index (κ3) is 2.90. The highest BCUT2D eigenvalue weighted by Crippen LogP contribution is 2.29. The quantitative estimate of drug-likeness (QED) is 0.827. The van der Waals surface area contributed by atoms with Gasteiger partial charge in [0, 0.05) is 0 Å². The Morgan fingerprint density at radius 1 is 1.12 bits per heavy atom. The van der Waals surface area contributed by atoms with Crippen molar-refractivity contribution in [3.63, 3.8) is 0 Å². The zero-order valence-electron chi connectivity index (χ0n) is 14.0. The van der Waals surface area contributed by atoms with Crippen molar-refractivity contribution in [3.8, 4) is 0 Å². The minimum absolute atomic E-state index is 0.0766. The molecule has 2 aromatic rings. The smallest absolute Gasteiger partial charge is 0.326 e. The van der Waals surface area contributed by atoms with E-state index in [1.54, 1.807) is 12.1 Å². The number of benzene rings is 2. The minimum atomic E-state index is -1.26. The highest BCUT2D eigenvalue weighted by molar-refractivity contribution is 6.23. The largest absolute Gasteiger partial charge is 0.329 e. The van der Waals surface area contributed by atoms with E-state index in [-0.39, 0.29) is 16.9 Å². The number of imide groups is 1. The molecule has 0 aliphatic carbocycles. The van der Waals surface area contributed by atoms with Crippen molar-refractivity contribution < 1.29 is 23.2 Å². The van der Waals surface area contributed by atoms with Gasteiger partial charge < -0.3 is 10.6 Å². The summed E-state index contributed by atoms with van der Waals surface area (Å²) in [5.41, 5.74) is -0.141. The molecule has 134 valence electrons. The number of halogens is 2. The number of nitrogens with one attached hydrogen (secondary N) is 2. The van der Waals surface area contributed by atoms with E-state index in [1.807, 2.05) is 0 Å². The van der Waals surface area contributed by atoms with E-state index in [2.05, 4.69) is 10.6 Å². The molecular weight excluding hydrogens is 344 g/mol. The predicted octanol–water partition coefficient (Wildman–Crippen LogP) is 2.97. The summed E-state index contributed by atoms with van der Waals surface area (Å²) in [4.78, 5) is 37.5. The molecule has 3 rings (SSSR count). The Kier molecular flexibility index (Phi) is 4.41. The molecule has 2 N–H and O–H groups in total. The Morgan fingerprint density at radius 3 is 2.46 bits per heavy atom. The van der Waals surface area contributed by atoms with E-state index in [4.69, 9.17) is 0 Å². The molecular formula is C18H15F2N3O3. The van der Waals surface area contributed by atoms with Gasteiger partial charge in [-0.25, -0.2) is 18.5 Å². The van der Waals surface area contributed by atoms with Crippen LogP contribution in [0.3, 0.4) is 0 Å². The van der Waals surface area contributed by atoms with Crippen LogP contribution in [-0.2, 0) is 4.79 Å². The van der Waals surface area contributed by atoms with E-state index < -0.39 is 41.1 Å². The molecule has 0 saturated carbocycles. The van der Waals surface area contributed by atoms with Crippen LogP contribution >= 0.6 is 0 Å². The topological polar surface area (TPSA) is 78.5 Å². The van der Waals surface area contributed by atoms with Gasteiger partial charge in [0.1, 0.15) is 6.04 Å². The molecule has 26 heavy (non-hydrogen) atoms. The summed E-state index contributed by atoms with van der Waals surface area (Å²) >= 11 is 0. The van der Waals surface area contributed by atoms with Crippen LogP contribution in [0, 0.1) is 18.6 Å². The molecule has 1 unspecified atom stereocenters. The molecule has 1 aliphatic rings. The first-order chi connectivity index (χ1) is 12.3. The predicted molar refractivity (Wildman–Crippen MR) is 91.0 cm³/mol. The third-order valence-electron chi connectivity index (χ3n) is 4.05. The molecule has 0 bridgehead atoms. The van der Waals surface area contributed by atoms with Crippen molar-refractivity contribution in [1.29, 1.82) is 0 Å². The van der Waals surface area contributed by atoms with Gasteiger partial charge in [0.25, 0.3) is 11.8 Å². The number of carbonyl (C=O) groups is 3. The minimum Gasteiger partial charge on any atom is -0.326 e. The molecule has 4 amide bonds. The fourth-order valence-corrected chi connectivity index (χ4v) is 2.62. The number of aryl methyl sites for hydroxylation is 1. The van der Waals surface area contributed by atoms with Crippen molar-refractivity contribution in [2.24, 2.45) is 0 Å². The van der Waals surface area contributed by atoms with Crippen LogP contribution in [0.2, 0.25) is 0 Å². The van der Waals surface area contributed by atoms with Crippen molar-refractivity contribution in [2.45, 2.75) is 19.9 Å². The molecule has 8 heteroatoms. The van der Waals surface area contributed by atoms with E-state index in [9.17, 15) is 23.2 Å². The number of amides is 4. The van der Waals surface area contributed by atoms with Crippen LogP contribution in [0.4, 0.5) is 25.0 Å². The first kappa shape index (κ1) is 17.5. The molecule has 1 saturated heterocycles. The number of urea groups is 1. The van der Waals surface area contributed by atoms with Gasteiger partial charge in [0.2, 0.25) is 0 Å². The Hall–Kier alpha value is -3.29. The third-order valence-corrected chi connectivity index (χ3v) is 4.05. The maximum Gasteiger partial charge on any atom is 0.329 e. The van der Waals surface area contributed by atoms with Crippen molar-refractivity contribution in [1.82, 2.24) is 5.32 Å². The molecule has 1 fully saturated rings. The fraction of sp³-hybridized carbons (Fsp3) is 0.167. The summed E-state index contributed by atoms with van der Waals surface area (Å²) in [6.07, 6.45) is 0. The SMILES string of the molecule is Cc1ccc(C(=O)Nc2ccccc2N2C(=O)NC(C)C2=O)c(F)c1F. The highest BCUT2D eigenvalue weighted by atomic mass is 19.2. The lowest BCUT2D eigenvalue weighted by Gasteiger charge is -2.18. The monoisotopic (exact) mass is 359 g/mol. The average Bonchev–Trinajstić information content (AvgIpc) is 2.85. The van der Waals surface area contributed by atoms with Crippen LogP contribution in [0.1, 0.15) is 22.8 Å². The number of carbonyl (C=O) groups excluding carboxylic acids is 3. The maximum absolute atomic E-state index is 14.0. The van der Waals surface area contributed by atoms with Crippen molar-refractivity contribution >= 4 is 29.2 Å². The number of hydrogen-bond donors (Lipinski definition) is 2. The van der Waals surface area contributed by atoms with Gasteiger partial charge in [-0.2, -0.15) is 0 Å². The lowest BCUT2D eigenvalue weighted by molar-refractivity contribution is -0.117. The second-order valence-corrected chi connectivity index (χ2v) is 5.87. The van der Waals surface area contributed by atoms with Crippen molar-refractivity contribution in [3.05, 3.63) is 59.2 Å². The van der Waals surface area contributed by atoms with E-state index in [0.717, 1.165) is 4.90 Å². The second kappa shape index (κ2) is 6.55. The van der Waals surface area contributed by atoms with Crippen LogP contribution in [0.25, 0.3) is 0 Å². The number of hydrogen-bond acceptors (Lipinski definition) is 3. The first-order valence-electron chi connectivity index (χ1n) is 7.80. The first-order valence-corrected chi connectivity index (χ1v) is 7.80. The van der Waals surface area contributed by atoms with Crippen LogP contribution in [-0.4, -0.2) is 23.9 Å². The molecule has 0 spiro atoms. The zero-order valence-corrected chi connectivity index (χ0v) is 14.0. The number of para-hydroxylation sites is 2. The fourth-order valence-electron chi connectivity index (χ4n) is 2.62. The van der Waals surface area contributed by atoms with Crippen LogP contribution in [0.15, 0.2) is 36.4 Å². The summed E-state index contributed by atoms with van der Waals surface area (Å²) in [6, 6.07) is 7.22. The normalized spacial score (nSPS) is 16.6. The van der Waals surface area contributed by atoms with E-state index in [0.29, 0.717) is 0 Å². The van der Waals surface area contributed by atoms with Crippen LogP contribution in [0.5, 0.6) is 0 Å². The zero-order chi connectivity index (χ0) is 19.0. The standard InChI is InChI=1S/C18H15F2N3O3/c1-9-7-8-11(15(20)14(9)19)16(24)22-12-5-3-4-6-13(12)23-17(25)10(2)21-18(23)26/h3-8,10H,1-2H3,(H,21,26)(H,22,24). The van der Waals surface area contributed by atoms with Crippen molar-refractivity contribution in [2.75, 3.05) is 10.2 Å². The molecule has 0 aromatic heterocycles. The molecule has 2 aromatic carbocycles. The second-order valence-electron chi connectivity index (χ2n) is 5.87. The number of anilines is 2. The van der Waals surface area contributed by atoms with Gasteiger partial charge in [-0.3, -0.25) is 9.59 Å². The Labute approximate surface area is 147 Å². The number of rotatable bonds is 3. The Bertz CT molecular complexity index is 930. The average molecular weight is 359 g/mol. The summed E-state index contributed by atoms with van der Waals surface area (Å²) in [5.74, 6) is -3.74. The maximum atomic E-state index is 14.0. The van der Waals surface area contributed by atoms with E-state index in [1.165, 1.54) is 38.1 Å². The van der Waals surface area contributed by atoms with E-state index >= 15 is 0 Å². The van der Waals surface area contributed by atoms with Gasteiger partial charge in [-0.05, 0) is 37.6 Å². The number of nitrogens with zero attached hydrogens (tertiary/aromatic N) is 1. The molecule has 0 radical (unpaired) electrons. The lowest BCUT2D eigenvalue weighted by Crippen LogP contribution is -2.32. The lowest BCUT2D eigenvalue weighted by atomic mass is 10.1. The van der Waals surface area contributed by atoms with Gasteiger partial charge in [0.15, 0.2) is 11.6 Å². The molecule has 1 aliphatic heterocycles. The molecule has 6 nitrogen and oxygen atoms in total. The Balaban J connectivity index is 1.95. The molecule has 1 atom stereocenters. The molecule has 1 heterocycles. The summed E-state index contributed by atoms with van der Waals surface area (Å²) < 4.78 is 27.7. The van der Waals surface area contributed by atoms with Gasteiger partial charge in [-0.15, -0.1) is 0 Å².